The van der Waals surface area contributed by atoms with Crippen LogP contribution in [0.25, 0.3) is 0 Å². The molecule has 0 fully saturated rings. The second-order valence-corrected chi connectivity index (χ2v) is 6.71. The fourth-order valence-corrected chi connectivity index (χ4v) is 2.91. The van der Waals surface area contributed by atoms with Gasteiger partial charge in [-0.25, -0.2) is 0 Å². The van der Waals surface area contributed by atoms with E-state index < -0.39 is 0 Å². The molecular weight excluding hydrogens is 329 g/mol. The highest BCUT2D eigenvalue weighted by atomic mass is 35.5. The molecule has 0 aromatic heterocycles. The van der Waals surface area contributed by atoms with Crippen molar-refractivity contribution in [1.82, 2.24) is 5.32 Å². The molecule has 2 rings (SSSR count). The Kier molecular flexibility index (Phi) is 6.09. The molecule has 0 saturated carbocycles. The zero-order valence-electron chi connectivity index (χ0n) is 13.6. The largest absolute Gasteiger partial charge is 0.350 e. The molecule has 2 nitrogen and oxygen atoms in total. The maximum atomic E-state index is 12.1. The number of halogens is 2. The number of hydrogen-bond donors (Lipinski definition) is 1. The Morgan fingerprint density at radius 3 is 2.48 bits per heavy atom. The molecule has 0 aliphatic rings. The minimum atomic E-state index is -0.0116. The molecule has 0 unspecified atom stereocenters. The lowest BCUT2D eigenvalue weighted by Crippen LogP contribution is -2.26. The Balaban J connectivity index is 1.92. The van der Waals surface area contributed by atoms with Crippen molar-refractivity contribution in [3.8, 4) is 0 Å². The summed E-state index contributed by atoms with van der Waals surface area (Å²) < 4.78 is 0. The third-order valence-corrected chi connectivity index (χ3v) is 4.63. The minimum absolute atomic E-state index is 0.0116. The van der Waals surface area contributed by atoms with Crippen molar-refractivity contribution >= 4 is 29.1 Å². The monoisotopic (exact) mass is 349 g/mol. The predicted molar refractivity (Wildman–Crippen MR) is 97.3 cm³/mol. The second-order valence-electron chi connectivity index (χ2n) is 5.87. The van der Waals surface area contributed by atoms with E-state index >= 15 is 0 Å². The number of rotatable bonds is 5. The van der Waals surface area contributed by atoms with Gasteiger partial charge in [0.1, 0.15) is 0 Å². The van der Waals surface area contributed by atoms with Gasteiger partial charge in [-0.1, -0.05) is 47.5 Å². The molecule has 2 aromatic carbocycles. The smallest absolute Gasteiger partial charge is 0.220 e. The van der Waals surface area contributed by atoms with Gasteiger partial charge < -0.3 is 5.32 Å². The normalized spacial score (nSPS) is 12.0. The van der Waals surface area contributed by atoms with Crippen LogP contribution in [0.2, 0.25) is 10.0 Å². The summed E-state index contributed by atoms with van der Waals surface area (Å²) in [6.07, 6.45) is 0.998. The SMILES string of the molecule is Cc1ccc([C@H](C)NC(=O)CCc2ccc(Cl)cc2Cl)cc1C. The number of aryl methyl sites for hydroxylation is 3. The van der Waals surface area contributed by atoms with Crippen LogP contribution in [0, 0.1) is 13.8 Å². The van der Waals surface area contributed by atoms with Crippen molar-refractivity contribution in [2.45, 2.75) is 39.7 Å². The molecule has 23 heavy (non-hydrogen) atoms. The molecule has 0 spiro atoms. The highest BCUT2D eigenvalue weighted by Gasteiger charge is 2.11. The van der Waals surface area contributed by atoms with Crippen molar-refractivity contribution in [2.75, 3.05) is 0 Å². The van der Waals surface area contributed by atoms with Crippen LogP contribution >= 0.6 is 23.2 Å². The first-order valence-electron chi connectivity index (χ1n) is 7.67. The summed E-state index contributed by atoms with van der Waals surface area (Å²) in [7, 11) is 0. The summed E-state index contributed by atoms with van der Waals surface area (Å²) in [6.45, 7) is 6.16. The van der Waals surface area contributed by atoms with Gasteiger partial charge in [0.15, 0.2) is 0 Å². The number of amides is 1. The van der Waals surface area contributed by atoms with E-state index in [1.54, 1.807) is 12.1 Å². The van der Waals surface area contributed by atoms with E-state index in [0.717, 1.165) is 11.1 Å². The first kappa shape index (κ1) is 17.8. The number of benzene rings is 2. The summed E-state index contributed by atoms with van der Waals surface area (Å²) in [5.41, 5.74) is 4.54. The van der Waals surface area contributed by atoms with Crippen molar-refractivity contribution < 1.29 is 4.79 Å². The average molecular weight is 350 g/mol. The Hall–Kier alpha value is -1.51. The van der Waals surface area contributed by atoms with Crippen LogP contribution in [-0.4, -0.2) is 5.91 Å². The van der Waals surface area contributed by atoms with Gasteiger partial charge in [0.25, 0.3) is 0 Å². The van der Waals surface area contributed by atoms with Gasteiger partial charge in [0.05, 0.1) is 6.04 Å². The van der Waals surface area contributed by atoms with Crippen LogP contribution in [0.1, 0.15) is 41.6 Å². The quantitative estimate of drug-likeness (QED) is 0.766. The molecular formula is C19H21Cl2NO. The lowest BCUT2D eigenvalue weighted by Gasteiger charge is -2.16. The summed E-state index contributed by atoms with van der Waals surface area (Å²) in [6, 6.07) is 11.6. The van der Waals surface area contributed by atoms with E-state index in [0.29, 0.717) is 22.9 Å². The van der Waals surface area contributed by atoms with E-state index in [1.807, 2.05) is 13.0 Å². The summed E-state index contributed by atoms with van der Waals surface area (Å²) >= 11 is 12.0. The molecule has 0 bridgehead atoms. The Morgan fingerprint density at radius 1 is 1.09 bits per heavy atom. The number of carbonyl (C=O) groups is 1. The van der Waals surface area contributed by atoms with E-state index in [4.69, 9.17) is 23.2 Å². The van der Waals surface area contributed by atoms with Crippen molar-refractivity contribution in [3.05, 3.63) is 68.7 Å². The topological polar surface area (TPSA) is 29.1 Å². The predicted octanol–water partition coefficient (Wildman–Crippen LogP) is 5.42. The molecule has 2 aromatic rings. The fraction of sp³-hybridized carbons (Fsp3) is 0.316. The molecule has 122 valence electrons. The van der Waals surface area contributed by atoms with Gasteiger partial charge in [-0.15, -0.1) is 0 Å². The third-order valence-electron chi connectivity index (χ3n) is 4.04. The van der Waals surface area contributed by atoms with Gasteiger partial charge >= 0.3 is 0 Å². The molecule has 1 atom stereocenters. The molecule has 1 N–H and O–H groups in total. The van der Waals surface area contributed by atoms with Crippen molar-refractivity contribution in [2.24, 2.45) is 0 Å². The number of carbonyl (C=O) groups excluding carboxylic acids is 1. The van der Waals surface area contributed by atoms with Crippen molar-refractivity contribution in [3.63, 3.8) is 0 Å². The first-order chi connectivity index (χ1) is 10.9. The lowest BCUT2D eigenvalue weighted by molar-refractivity contribution is -0.121. The fourth-order valence-electron chi connectivity index (χ4n) is 2.40. The Labute approximate surface area is 147 Å². The van der Waals surface area contributed by atoms with Gasteiger partial charge in [-0.05, 0) is 61.6 Å². The lowest BCUT2D eigenvalue weighted by atomic mass is 10.0. The third kappa shape index (κ3) is 4.98. The maximum absolute atomic E-state index is 12.1. The zero-order valence-corrected chi connectivity index (χ0v) is 15.1. The molecule has 1 amide bonds. The highest BCUT2D eigenvalue weighted by Crippen LogP contribution is 2.22. The Morgan fingerprint density at radius 2 is 1.83 bits per heavy atom. The van der Waals surface area contributed by atoms with Crippen LogP contribution < -0.4 is 5.32 Å². The van der Waals surface area contributed by atoms with Gasteiger partial charge in [0, 0.05) is 16.5 Å². The standard InChI is InChI=1S/C19H21Cl2NO/c1-12-4-5-16(10-13(12)2)14(3)22-19(23)9-7-15-6-8-17(20)11-18(15)21/h4-6,8,10-11,14H,7,9H2,1-3H3,(H,22,23)/t14-/m0/s1. The van der Waals surface area contributed by atoms with Crippen molar-refractivity contribution in [1.29, 1.82) is 0 Å². The molecule has 0 saturated heterocycles. The van der Waals surface area contributed by atoms with E-state index in [2.05, 4.69) is 37.4 Å². The summed E-state index contributed by atoms with van der Waals surface area (Å²) in [4.78, 5) is 12.1. The van der Waals surface area contributed by atoms with Gasteiger partial charge in [-0.3, -0.25) is 4.79 Å². The maximum Gasteiger partial charge on any atom is 0.220 e. The van der Waals surface area contributed by atoms with Gasteiger partial charge in [-0.2, -0.15) is 0 Å². The van der Waals surface area contributed by atoms with E-state index in [1.165, 1.54) is 11.1 Å². The van der Waals surface area contributed by atoms with E-state index in [9.17, 15) is 4.79 Å². The second kappa shape index (κ2) is 7.85. The minimum Gasteiger partial charge on any atom is -0.350 e. The van der Waals surface area contributed by atoms with Crippen LogP contribution in [0.4, 0.5) is 0 Å². The molecule has 0 radical (unpaired) electrons. The highest BCUT2D eigenvalue weighted by molar-refractivity contribution is 6.35. The zero-order chi connectivity index (χ0) is 17.0. The van der Waals surface area contributed by atoms with Crippen LogP contribution in [0.15, 0.2) is 36.4 Å². The van der Waals surface area contributed by atoms with E-state index in [-0.39, 0.29) is 11.9 Å². The summed E-state index contributed by atoms with van der Waals surface area (Å²) in [5.74, 6) is 0.0155. The Bertz CT molecular complexity index is 713. The van der Waals surface area contributed by atoms with Crippen LogP contribution in [0.5, 0.6) is 0 Å². The molecule has 0 aliphatic heterocycles. The summed E-state index contributed by atoms with van der Waals surface area (Å²) in [5, 5.41) is 4.24. The van der Waals surface area contributed by atoms with Gasteiger partial charge in [0.2, 0.25) is 5.91 Å². The number of hydrogen-bond acceptors (Lipinski definition) is 1. The van der Waals surface area contributed by atoms with Crippen LogP contribution in [0.3, 0.4) is 0 Å². The average Bonchev–Trinajstić information content (AvgIpc) is 2.49. The number of nitrogens with one attached hydrogen (secondary N) is 1. The molecule has 0 aliphatic carbocycles. The molecule has 4 heteroatoms. The molecule has 0 heterocycles. The van der Waals surface area contributed by atoms with Crippen LogP contribution in [-0.2, 0) is 11.2 Å². The first-order valence-corrected chi connectivity index (χ1v) is 8.43.